The van der Waals surface area contributed by atoms with Crippen LogP contribution in [0.1, 0.15) is 43.5 Å². The van der Waals surface area contributed by atoms with E-state index in [4.69, 9.17) is 5.11 Å². The monoisotopic (exact) mass is 264 g/mol. The van der Waals surface area contributed by atoms with E-state index in [-0.39, 0.29) is 12.5 Å². The number of rotatable bonds is 8. The number of benzene rings is 1. The van der Waals surface area contributed by atoms with E-state index in [1.807, 2.05) is 38.1 Å². The Kier molecular flexibility index (Phi) is 6.97. The molecule has 1 amide bonds. The highest BCUT2D eigenvalue weighted by Crippen LogP contribution is 2.15. The number of carbonyl (C=O) groups is 1. The summed E-state index contributed by atoms with van der Waals surface area (Å²) in [6.07, 6.45) is 2.62. The molecule has 0 saturated heterocycles. The molecule has 1 aromatic carbocycles. The second-order valence-electron chi connectivity index (χ2n) is 4.88. The number of aliphatic hydroxyl groups is 1. The van der Waals surface area contributed by atoms with Crippen LogP contribution in [0.3, 0.4) is 0 Å². The van der Waals surface area contributed by atoms with Crippen LogP contribution in [0.15, 0.2) is 24.3 Å². The Labute approximate surface area is 115 Å². The molecule has 0 aromatic heterocycles. The summed E-state index contributed by atoms with van der Waals surface area (Å²) < 4.78 is 0. The molecule has 0 aliphatic heterocycles. The zero-order valence-electron chi connectivity index (χ0n) is 11.8. The second-order valence-corrected chi connectivity index (χ2v) is 4.88. The average molecular weight is 264 g/mol. The lowest BCUT2D eigenvalue weighted by molar-refractivity contribution is 0.0953. The lowest BCUT2D eigenvalue weighted by Gasteiger charge is -2.14. The summed E-state index contributed by atoms with van der Waals surface area (Å²) in [5.41, 5.74) is 1.55. The second kappa shape index (κ2) is 8.53. The summed E-state index contributed by atoms with van der Waals surface area (Å²) in [4.78, 5) is 12.1. The van der Waals surface area contributed by atoms with Crippen LogP contribution in [0, 0.1) is 0 Å². The molecule has 0 heterocycles. The third kappa shape index (κ3) is 5.75. The van der Waals surface area contributed by atoms with Gasteiger partial charge in [-0.1, -0.05) is 12.1 Å². The zero-order valence-corrected chi connectivity index (χ0v) is 11.8. The number of aliphatic hydroxyl groups excluding tert-OH is 1. The van der Waals surface area contributed by atoms with Crippen molar-refractivity contribution >= 4 is 11.6 Å². The number of unbranched alkanes of at least 4 members (excludes halogenated alkanes) is 2. The minimum absolute atomic E-state index is 0.0484. The van der Waals surface area contributed by atoms with Crippen molar-refractivity contribution in [1.29, 1.82) is 0 Å². The molecule has 0 atom stereocenters. The Morgan fingerprint density at radius 3 is 2.63 bits per heavy atom. The molecule has 0 aliphatic carbocycles. The van der Waals surface area contributed by atoms with Gasteiger partial charge in [0, 0.05) is 24.9 Å². The Morgan fingerprint density at radius 2 is 1.95 bits per heavy atom. The molecule has 19 heavy (non-hydrogen) atoms. The fraction of sp³-hybridized carbons (Fsp3) is 0.533. The zero-order chi connectivity index (χ0) is 14.1. The highest BCUT2D eigenvalue weighted by molar-refractivity contribution is 5.99. The Balaban J connectivity index is 2.51. The van der Waals surface area contributed by atoms with Crippen molar-refractivity contribution in [2.75, 3.05) is 18.5 Å². The first kappa shape index (κ1) is 15.5. The van der Waals surface area contributed by atoms with Gasteiger partial charge in [0.1, 0.15) is 0 Å². The predicted octanol–water partition coefficient (Wildman–Crippen LogP) is 2.40. The van der Waals surface area contributed by atoms with Crippen LogP contribution in [-0.4, -0.2) is 30.2 Å². The number of hydrogen-bond donors (Lipinski definition) is 3. The maximum Gasteiger partial charge on any atom is 0.253 e. The van der Waals surface area contributed by atoms with Crippen molar-refractivity contribution in [2.45, 2.75) is 39.2 Å². The largest absolute Gasteiger partial charge is 0.396 e. The van der Waals surface area contributed by atoms with Crippen molar-refractivity contribution in [3.8, 4) is 0 Å². The number of nitrogens with one attached hydrogen (secondary N) is 2. The van der Waals surface area contributed by atoms with E-state index in [1.165, 1.54) is 0 Å². The van der Waals surface area contributed by atoms with E-state index >= 15 is 0 Å². The maximum absolute atomic E-state index is 12.1. The van der Waals surface area contributed by atoms with Gasteiger partial charge in [0.2, 0.25) is 0 Å². The van der Waals surface area contributed by atoms with Crippen LogP contribution >= 0.6 is 0 Å². The highest BCUT2D eigenvalue weighted by atomic mass is 16.2. The van der Waals surface area contributed by atoms with E-state index < -0.39 is 0 Å². The molecule has 1 aromatic rings. The Morgan fingerprint density at radius 1 is 1.21 bits per heavy atom. The van der Waals surface area contributed by atoms with Crippen molar-refractivity contribution in [2.24, 2.45) is 0 Å². The topological polar surface area (TPSA) is 61.4 Å². The fourth-order valence-corrected chi connectivity index (χ4v) is 1.83. The van der Waals surface area contributed by atoms with Gasteiger partial charge in [-0.15, -0.1) is 0 Å². The van der Waals surface area contributed by atoms with Gasteiger partial charge in [0.25, 0.3) is 5.91 Å². The van der Waals surface area contributed by atoms with Crippen molar-refractivity contribution < 1.29 is 9.90 Å². The molecule has 1 rings (SSSR count). The van der Waals surface area contributed by atoms with E-state index in [0.717, 1.165) is 24.9 Å². The quantitative estimate of drug-likeness (QED) is 0.632. The van der Waals surface area contributed by atoms with Gasteiger partial charge in [-0.3, -0.25) is 4.79 Å². The van der Waals surface area contributed by atoms with Crippen molar-refractivity contribution in [3.63, 3.8) is 0 Å². The van der Waals surface area contributed by atoms with Crippen LogP contribution < -0.4 is 10.6 Å². The van der Waals surface area contributed by atoms with Gasteiger partial charge in [0.15, 0.2) is 0 Å². The fourth-order valence-electron chi connectivity index (χ4n) is 1.83. The predicted molar refractivity (Wildman–Crippen MR) is 78.5 cm³/mol. The highest BCUT2D eigenvalue weighted by Gasteiger charge is 2.10. The van der Waals surface area contributed by atoms with Gasteiger partial charge < -0.3 is 15.7 Å². The Hall–Kier alpha value is -1.55. The summed E-state index contributed by atoms with van der Waals surface area (Å²) >= 11 is 0. The van der Waals surface area contributed by atoms with Gasteiger partial charge in [-0.25, -0.2) is 0 Å². The molecule has 0 unspecified atom stereocenters. The number of para-hydroxylation sites is 1. The summed E-state index contributed by atoms with van der Waals surface area (Å²) in [6.45, 7) is 4.96. The molecule has 4 nitrogen and oxygen atoms in total. The average Bonchev–Trinajstić information content (AvgIpc) is 2.38. The van der Waals surface area contributed by atoms with Crippen LogP contribution in [0.4, 0.5) is 5.69 Å². The molecule has 0 aliphatic rings. The minimum Gasteiger partial charge on any atom is -0.396 e. The van der Waals surface area contributed by atoms with Gasteiger partial charge in [0.05, 0.1) is 5.56 Å². The van der Waals surface area contributed by atoms with Crippen LogP contribution in [-0.2, 0) is 0 Å². The van der Waals surface area contributed by atoms with Gasteiger partial charge in [-0.2, -0.15) is 0 Å². The van der Waals surface area contributed by atoms with Crippen molar-refractivity contribution in [1.82, 2.24) is 5.32 Å². The first-order valence-electron chi connectivity index (χ1n) is 6.89. The lowest BCUT2D eigenvalue weighted by atomic mass is 10.1. The molecular formula is C15H24N2O2. The molecule has 0 fully saturated rings. The first-order chi connectivity index (χ1) is 9.15. The van der Waals surface area contributed by atoms with E-state index in [1.54, 1.807) is 0 Å². The normalized spacial score (nSPS) is 10.5. The van der Waals surface area contributed by atoms with Crippen LogP contribution in [0.2, 0.25) is 0 Å². The Bertz CT molecular complexity index is 391. The molecule has 0 saturated carbocycles. The van der Waals surface area contributed by atoms with E-state index in [9.17, 15) is 4.79 Å². The number of hydrogen-bond acceptors (Lipinski definition) is 3. The van der Waals surface area contributed by atoms with Gasteiger partial charge in [-0.05, 0) is 45.2 Å². The van der Waals surface area contributed by atoms with E-state index in [2.05, 4.69) is 10.6 Å². The third-order valence-corrected chi connectivity index (χ3v) is 2.74. The molecule has 0 bridgehead atoms. The van der Waals surface area contributed by atoms with Gasteiger partial charge >= 0.3 is 0 Å². The first-order valence-corrected chi connectivity index (χ1v) is 6.89. The van der Waals surface area contributed by atoms with Crippen LogP contribution in [0.25, 0.3) is 0 Å². The van der Waals surface area contributed by atoms with Crippen molar-refractivity contribution in [3.05, 3.63) is 29.8 Å². The molecule has 4 heteroatoms. The smallest absolute Gasteiger partial charge is 0.253 e. The minimum atomic E-state index is -0.0484. The number of anilines is 1. The molecule has 0 spiro atoms. The summed E-state index contributed by atoms with van der Waals surface area (Å²) in [5.74, 6) is -0.0484. The SMILES string of the molecule is CC(C)Nc1ccccc1C(=O)NCCCCCO. The summed E-state index contributed by atoms with van der Waals surface area (Å²) in [7, 11) is 0. The van der Waals surface area contributed by atoms with Crippen LogP contribution in [0.5, 0.6) is 0 Å². The lowest BCUT2D eigenvalue weighted by Crippen LogP contribution is -2.26. The molecule has 3 N–H and O–H groups in total. The van der Waals surface area contributed by atoms with E-state index in [0.29, 0.717) is 18.2 Å². The standard InChI is InChI=1S/C15H24N2O2/c1-12(2)17-14-9-5-4-8-13(14)15(19)16-10-6-3-7-11-18/h4-5,8-9,12,17-18H,3,6-7,10-11H2,1-2H3,(H,16,19). The number of amides is 1. The third-order valence-electron chi connectivity index (χ3n) is 2.74. The molecule has 0 radical (unpaired) electrons. The maximum atomic E-state index is 12.1. The summed E-state index contributed by atoms with van der Waals surface area (Å²) in [5, 5.41) is 14.9. The molecule has 106 valence electrons. The number of carbonyl (C=O) groups excluding carboxylic acids is 1. The molecular weight excluding hydrogens is 240 g/mol. The summed E-state index contributed by atoms with van der Waals surface area (Å²) in [6, 6.07) is 7.82.